The van der Waals surface area contributed by atoms with Gasteiger partial charge in [-0.1, -0.05) is 38.1 Å². The third-order valence-corrected chi connectivity index (χ3v) is 5.10. The number of rotatable bonds is 4. The minimum atomic E-state index is -0.165. The highest BCUT2D eigenvalue weighted by Gasteiger charge is 2.28. The van der Waals surface area contributed by atoms with Crippen LogP contribution in [0.3, 0.4) is 0 Å². The molecule has 136 valence electrons. The van der Waals surface area contributed by atoms with Crippen LogP contribution in [0.1, 0.15) is 63.9 Å². The number of likely N-dealkylation sites (tertiary alicyclic amines) is 1. The molecule has 5 heteroatoms. The Bertz CT molecular complexity index is 682. The van der Waals surface area contributed by atoms with Crippen molar-refractivity contribution in [1.82, 2.24) is 15.0 Å². The first kappa shape index (κ1) is 18.1. The molecule has 3 rings (SSSR count). The van der Waals surface area contributed by atoms with Gasteiger partial charge in [-0.25, -0.2) is 4.39 Å². The molecular weight excluding hydrogens is 317 g/mol. The van der Waals surface area contributed by atoms with Gasteiger partial charge in [0.1, 0.15) is 5.82 Å². The van der Waals surface area contributed by atoms with Gasteiger partial charge in [0.2, 0.25) is 5.89 Å². The van der Waals surface area contributed by atoms with Crippen molar-refractivity contribution in [2.75, 3.05) is 13.1 Å². The SMILES string of the molecule is CC(c1nc(C(C)(C)C)no1)N1CCC(Cc2ccc(F)cc2)CC1. The summed E-state index contributed by atoms with van der Waals surface area (Å²) in [6.07, 6.45) is 3.31. The van der Waals surface area contributed by atoms with Gasteiger partial charge in [-0.05, 0) is 62.9 Å². The fourth-order valence-electron chi connectivity index (χ4n) is 3.36. The van der Waals surface area contributed by atoms with Crippen LogP contribution in [0, 0.1) is 11.7 Å². The molecule has 1 saturated heterocycles. The van der Waals surface area contributed by atoms with Crippen molar-refractivity contribution < 1.29 is 8.91 Å². The standard InChI is InChI=1S/C20H28FN3O/c1-14(18-22-19(23-25-18)20(2,3)4)24-11-9-16(10-12-24)13-15-5-7-17(21)8-6-15/h5-8,14,16H,9-13H2,1-4H3. The highest BCUT2D eigenvalue weighted by molar-refractivity contribution is 5.16. The number of aromatic nitrogens is 2. The zero-order valence-electron chi connectivity index (χ0n) is 15.6. The van der Waals surface area contributed by atoms with Crippen LogP contribution in [0.2, 0.25) is 0 Å². The molecule has 0 radical (unpaired) electrons. The van der Waals surface area contributed by atoms with Crippen LogP contribution in [0.4, 0.5) is 4.39 Å². The normalized spacial score (nSPS) is 18.4. The molecule has 2 heterocycles. The van der Waals surface area contributed by atoms with Crippen LogP contribution in [-0.4, -0.2) is 28.1 Å². The molecule has 0 saturated carbocycles. The zero-order valence-corrected chi connectivity index (χ0v) is 15.6. The summed E-state index contributed by atoms with van der Waals surface area (Å²) in [5, 5.41) is 4.14. The van der Waals surface area contributed by atoms with Crippen molar-refractivity contribution >= 4 is 0 Å². The summed E-state index contributed by atoms with van der Waals surface area (Å²) in [7, 11) is 0. The molecular formula is C20H28FN3O. The Morgan fingerprint density at radius 1 is 1.20 bits per heavy atom. The van der Waals surface area contributed by atoms with E-state index >= 15 is 0 Å². The Hall–Kier alpha value is -1.75. The monoisotopic (exact) mass is 345 g/mol. The van der Waals surface area contributed by atoms with E-state index in [0.717, 1.165) is 38.2 Å². The predicted octanol–water partition coefficient (Wildman–Crippen LogP) is 4.52. The molecule has 2 aromatic rings. The molecule has 1 unspecified atom stereocenters. The van der Waals surface area contributed by atoms with Crippen molar-refractivity contribution in [3.05, 3.63) is 47.4 Å². The molecule has 1 aliphatic heterocycles. The van der Waals surface area contributed by atoms with Crippen molar-refractivity contribution in [1.29, 1.82) is 0 Å². The molecule has 0 amide bonds. The smallest absolute Gasteiger partial charge is 0.243 e. The Labute approximate surface area is 149 Å². The van der Waals surface area contributed by atoms with Crippen molar-refractivity contribution in [3.8, 4) is 0 Å². The lowest BCUT2D eigenvalue weighted by Crippen LogP contribution is -2.36. The van der Waals surface area contributed by atoms with Crippen molar-refractivity contribution in [2.45, 2.75) is 58.4 Å². The fraction of sp³-hybridized carbons (Fsp3) is 0.600. The Kier molecular flexibility index (Phi) is 5.23. The quantitative estimate of drug-likeness (QED) is 0.817. The topological polar surface area (TPSA) is 42.2 Å². The minimum absolute atomic E-state index is 0.0936. The molecule has 1 aromatic heterocycles. The van der Waals surface area contributed by atoms with E-state index in [9.17, 15) is 4.39 Å². The maximum absolute atomic E-state index is 13.0. The summed E-state index contributed by atoms with van der Waals surface area (Å²) in [6, 6.07) is 7.05. The highest BCUT2D eigenvalue weighted by Crippen LogP contribution is 2.29. The van der Waals surface area contributed by atoms with E-state index in [-0.39, 0.29) is 17.3 Å². The molecule has 1 atom stereocenters. The molecule has 1 aliphatic rings. The molecule has 0 N–H and O–H groups in total. The number of benzene rings is 1. The second kappa shape index (κ2) is 7.24. The fourth-order valence-corrected chi connectivity index (χ4v) is 3.36. The lowest BCUT2D eigenvalue weighted by Gasteiger charge is -2.34. The van der Waals surface area contributed by atoms with E-state index in [0.29, 0.717) is 11.8 Å². The van der Waals surface area contributed by atoms with Gasteiger partial charge < -0.3 is 4.52 Å². The number of hydrogen-bond donors (Lipinski definition) is 0. The number of hydrogen-bond acceptors (Lipinski definition) is 4. The third kappa shape index (κ3) is 4.46. The van der Waals surface area contributed by atoms with Gasteiger partial charge in [0, 0.05) is 5.41 Å². The van der Waals surface area contributed by atoms with E-state index < -0.39 is 0 Å². The average molecular weight is 345 g/mol. The highest BCUT2D eigenvalue weighted by atomic mass is 19.1. The van der Waals surface area contributed by atoms with Gasteiger partial charge >= 0.3 is 0 Å². The van der Waals surface area contributed by atoms with E-state index in [1.807, 2.05) is 12.1 Å². The minimum Gasteiger partial charge on any atom is -0.338 e. The summed E-state index contributed by atoms with van der Waals surface area (Å²) in [5.41, 5.74) is 1.13. The largest absolute Gasteiger partial charge is 0.338 e. The second-order valence-corrected chi connectivity index (χ2v) is 8.19. The van der Waals surface area contributed by atoms with Crippen LogP contribution in [0.15, 0.2) is 28.8 Å². The first-order chi connectivity index (χ1) is 11.8. The molecule has 0 aliphatic carbocycles. The summed E-state index contributed by atoms with van der Waals surface area (Å²) >= 11 is 0. The average Bonchev–Trinajstić information content (AvgIpc) is 3.07. The van der Waals surface area contributed by atoms with Crippen LogP contribution in [0.5, 0.6) is 0 Å². The molecule has 1 aromatic carbocycles. The molecule has 4 nitrogen and oxygen atoms in total. The first-order valence-electron chi connectivity index (χ1n) is 9.15. The Balaban J connectivity index is 1.54. The number of nitrogens with zero attached hydrogens (tertiary/aromatic N) is 3. The van der Waals surface area contributed by atoms with E-state index in [1.54, 1.807) is 12.1 Å². The van der Waals surface area contributed by atoms with Gasteiger partial charge in [-0.3, -0.25) is 4.90 Å². The van der Waals surface area contributed by atoms with E-state index in [4.69, 9.17) is 4.52 Å². The van der Waals surface area contributed by atoms with Crippen LogP contribution in [-0.2, 0) is 11.8 Å². The van der Waals surface area contributed by atoms with Gasteiger partial charge in [-0.15, -0.1) is 0 Å². The van der Waals surface area contributed by atoms with Gasteiger partial charge in [0.05, 0.1) is 6.04 Å². The second-order valence-electron chi connectivity index (χ2n) is 8.19. The van der Waals surface area contributed by atoms with Gasteiger partial charge in [-0.2, -0.15) is 4.98 Å². The maximum Gasteiger partial charge on any atom is 0.243 e. The molecule has 0 spiro atoms. The number of piperidine rings is 1. The predicted molar refractivity (Wildman–Crippen MR) is 95.8 cm³/mol. The van der Waals surface area contributed by atoms with E-state index in [2.05, 4.69) is 42.7 Å². The number of halogens is 1. The van der Waals surface area contributed by atoms with Crippen LogP contribution < -0.4 is 0 Å². The zero-order chi connectivity index (χ0) is 18.0. The molecule has 25 heavy (non-hydrogen) atoms. The van der Waals surface area contributed by atoms with E-state index in [1.165, 1.54) is 5.56 Å². The van der Waals surface area contributed by atoms with Gasteiger partial charge in [0.15, 0.2) is 5.82 Å². The van der Waals surface area contributed by atoms with Crippen molar-refractivity contribution in [3.63, 3.8) is 0 Å². The Morgan fingerprint density at radius 3 is 2.40 bits per heavy atom. The molecule has 0 bridgehead atoms. The van der Waals surface area contributed by atoms with Crippen LogP contribution >= 0.6 is 0 Å². The lowest BCUT2D eigenvalue weighted by molar-refractivity contribution is 0.119. The molecule has 1 fully saturated rings. The maximum atomic E-state index is 13.0. The summed E-state index contributed by atoms with van der Waals surface area (Å²) in [6.45, 7) is 10.5. The van der Waals surface area contributed by atoms with Crippen molar-refractivity contribution in [2.24, 2.45) is 5.92 Å². The van der Waals surface area contributed by atoms with Crippen LogP contribution in [0.25, 0.3) is 0 Å². The lowest BCUT2D eigenvalue weighted by atomic mass is 9.89. The third-order valence-electron chi connectivity index (χ3n) is 5.10. The summed E-state index contributed by atoms with van der Waals surface area (Å²) in [5.74, 6) is 1.96. The summed E-state index contributed by atoms with van der Waals surface area (Å²) in [4.78, 5) is 7.01. The summed E-state index contributed by atoms with van der Waals surface area (Å²) < 4.78 is 18.5. The Morgan fingerprint density at radius 2 is 1.84 bits per heavy atom. The first-order valence-corrected chi connectivity index (χ1v) is 9.15. The van der Waals surface area contributed by atoms with Gasteiger partial charge in [0.25, 0.3) is 0 Å².